The van der Waals surface area contributed by atoms with Gasteiger partial charge in [0, 0.05) is 18.0 Å². The van der Waals surface area contributed by atoms with E-state index in [1.165, 1.54) is 11.1 Å². The monoisotopic (exact) mass is 442 g/mol. The quantitative estimate of drug-likeness (QED) is 0.437. The highest BCUT2D eigenvalue weighted by molar-refractivity contribution is 5.98. The SMILES string of the molecule is Cc1ccccc1C(=O)N[C@@H](CC(C)C)C(=O)NCCC(c1ccccc1)c1ccccc1. The van der Waals surface area contributed by atoms with Crippen molar-refractivity contribution >= 4 is 11.8 Å². The normalized spacial score (nSPS) is 11.9. The number of amides is 2. The molecule has 4 nitrogen and oxygen atoms in total. The van der Waals surface area contributed by atoms with E-state index in [9.17, 15) is 9.59 Å². The molecule has 2 N–H and O–H groups in total. The van der Waals surface area contributed by atoms with Crippen molar-refractivity contribution in [3.05, 3.63) is 107 Å². The Kier molecular flexibility index (Phi) is 8.82. The summed E-state index contributed by atoms with van der Waals surface area (Å²) in [6, 6.07) is 27.6. The second-order valence-electron chi connectivity index (χ2n) is 8.92. The fourth-order valence-electron chi connectivity index (χ4n) is 4.13. The van der Waals surface area contributed by atoms with Gasteiger partial charge >= 0.3 is 0 Å². The third-order valence-corrected chi connectivity index (χ3v) is 5.85. The molecule has 0 fully saturated rings. The van der Waals surface area contributed by atoms with Gasteiger partial charge in [-0.2, -0.15) is 0 Å². The summed E-state index contributed by atoms with van der Waals surface area (Å²) < 4.78 is 0. The molecule has 0 saturated heterocycles. The van der Waals surface area contributed by atoms with Crippen LogP contribution >= 0.6 is 0 Å². The number of aryl methyl sites for hydroxylation is 1. The highest BCUT2D eigenvalue weighted by atomic mass is 16.2. The van der Waals surface area contributed by atoms with E-state index in [-0.39, 0.29) is 23.7 Å². The molecule has 2 amide bonds. The highest BCUT2D eigenvalue weighted by Crippen LogP contribution is 2.27. The molecule has 0 unspecified atom stereocenters. The molecule has 0 heterocycles. The zero-order chi connectivity index (χ0) is 23.6. The van der Waals surface area contributed by atoms with Crippen LogP contribution in [0.3, 0.4) is 0 Å². The molecule has 172 valence electrons. The molecule has 0 saturated carbocycles. The summed E-state index contributed by atoms with van der Waals surface area (Å²) in [4.78, 5) is 25.9. The molecule has 0 aromatic heterocycles. The van der Waals surface area contributed by atoms with Crippen molar-refractivity contribution in [3.8, 4) is 0 Å². The molecule has 0 aliphatic carbocycles. The van der Waals surface area contributed by atoms with E-state index in [2.05, 4.69) is 48.7 Å². The lowest BCUT2D eigenvalue weighted by Gasteiger charge is -2.22. The van der Waals surface area contributed by atoms with E-state index in [0.717, 1.165) is 12.0 Å². The summed E-state index contributed by atoms with van der Waals surface area (Å²) in [5.41, 5.74) is 3.95. The Labute approximate surface area is 197 Å². The van der Waals surface area contributed by atoms with Gasteiger partial charge in [0.25, 0.3) is 5.91 Å². The zero-order valence-corrected chi connectivity index (χ0v) is 19.8. The molecule has 0 radical (unpaired) electrons. The summed E-state index contributed by atoms with van der Waals surface area (Å²) in [5, 5.41) is 6.03. The number of rotatable bonds is 10. The first-order valence-electron chi connectivity index (χ1n) is 11.7. The average Bonchev–Trinajstić information content (AvgIpc) is 2.82. The summed E-state index contributed by atoms with van der Waals surface area (Å²) >= 11 is 0. The van der Waals surface area contributed by atoms with Gasteiger partial charge in [-0.15, -0.1) is 0 Å². The fraction of sp³-hybridized carbons (Fsp3) is 0.310. The molecular formula is C29H34N2O2. The summed E-state index contributed by atoms with van der Waals surface area (Å²) in [6.45, 7) is 6.55. The van der Waals surface area contributed by atoms with E-state index < -0.39 is 6.04 Å². The van der Waals surface area contributed by atoms with Crippen LogP contribution in [0, 0.1) is 12.8 Å². The predicted octanol–water partition coefficient (Wildman–Crippen LogP) is 5.48. The number of carbonyl (C=O) groups is 2. The van der Waals surface area contributed by atoms with Gasteiger partial charge in [0.15, 0.2) is 0 Å². The van der Waals surface area contributed by atoms with Crippen LogP contribution in [0.2, 0.25) is 0 Å². The summed E-state index contributed by atoms with van der Waals surface area (Å²) in [5.74, 6) is 0.128. The predicted molar refractivity (Wildman–Crippen MR) is 134 cm³/mol. The molecule has 4 heteroatoms. The van der Waals surface area contributed by atoms with E-state index in [1.54, 1.807) is 6.07 Å². The van der Waals surface area contributed by atoms with Crippen molar-refractivity contribution in [3.63, 3.8) is 0 Å². The Hall–Kier alpha value is -3.40. The van der Waals surface area contributed by atoms with Gasteiger partial charge in [-0.05, 0) is 48.4 Å². The number of carbonyl (C=O) groups excluding carboxylic acids is 2. The van der Waals surface area contributed by atoms with Crippen molar-refractivity contribution in [2.24, 2.45) is 5.92 Å². The first-order chi connectivity index (χ1) is 16.0. The number of hydrogen-bond donors (Lipinski definition) is 2. The number of benzene rings is 3. The second kappa shape index (κ2) is 12.0. The van der Waals surface area contributed by atoms with Crippen LogP contribution in [0.5, 0.6) is 0 Å². The molecule has 3 rings (SSSR count). The van der Waals surface area contributed by atoms with E-state index in [1.807, 2.05) is 61.5 Å². The molecule has 3 aromatic carbocycles. The van der Waals surface area contributed by atoms with Crippen LogP contribution in [-0.4, -0.2) is 24.4 Å². The Morgan fingerprint density at radius 2 is 1.33 bits per heavy atom. The van der Waals surface area contributed by atoms with Crippen molar-refractivity contribution in [1.29, 1.82) is 0 Å². The Bertz CT molecular complexity index is 992. The van der Waals surface area contributed by atoms with E-state index >= 15 is 0 Å². The molecule has 1 atom stereocenters. The maximum Gasteiger partial charge on any atom is 0.252 e. The molecule has 0 bridgehead atoms. The second-order valence-corrected chi connectivity index (χ2v) is 8.92. The molecule has 33 heavy (non-hydrogen) atoms. The average molecular weight is 443 g/mol. The third kappa shape index (κ3) is 7.04. The standard InChI is InChI=1S/C29H34N2O2/c1-21(2)20-27(31-28(32)25-17-11-10-12-22(25)3)29(33)30-19-18-26(23-13-6-4-7-14-23)24-15-8-5-9-16-24/h4-17,21,26-27H,18-20H2,1-3H3,(H,30,33)(H,31,32)/t27-/m0/s1. The van der Waals surface area contributed by atoms with Crippen molar-refractivity contribution in [2.45, 2.75) is 45.6 Å². The molecular weight excluding hydrogens is 408 g/mol. The molecule has 0 spiro atoms. The van der Waals surface area contributed by atoms with Gasteiger partial charge in [-0.25, -0.2) is 0 Å². The van der Waals surface area contributed by atoms with Crippen molar-refractivity contribution in [1.82, 2.24) is 10.6 Å². The topological polar surface area (TPSA) is 58.2 Å². The minimum absolute atomic E-state index is 0.134. The van der Waals surface area contributed by atoms with Gasteiger partial charge in [0.2, 0.25) is 5.91 Å². The van der Waals surface area contributed by atoms with Crippen LogP contribution in [-0.2, 0) is 4.79 Å². The Morgan fingerprint density at radius 1 is 0.788 bits per heavy atom. The minimum atomic E-state index is -0.566. The van der Waals surface area contributed by atoms with Crippen molar-refractivity contribution in [2.75, 3.05) is 6.54 Å². The van der Waals surface area contributed by atoms with Crippen LogP contribution in [0.4, 0.5) is 0 Å². The lowest BCUT2D eigenvalue weighted by molar-refractivity contribution is -0.123. The highest BCUT2D eigenvalue weighted by Gasteiger charge is 2.23. The van der Waals surface area contributed by atoms with Gasteiger partial charge in [-0.1, -0.05) is 92.7 Å². The van der Waals surface area contributed by atoms with Crippen LogP contribution < -0.4 is 10.6 Å². The van der Waals surface area contributed by atoms with Crippen LogP contribution in [0.1, 0.15) is 59.7 Å². The van der Waals surface area contributed by atoms with E-state index in [4.69, 9.17) is 0 Å². The van der Waals surface area contributed by atoms with E-state index in [0.29, 0.717) is 18.5 Å². The van der Waals surface area contributed by atoms with Crippen LogP contribution in [0.25, 0.3) is 0 Å². The first-order valence-corrected chi connectivity index (χ1v) is 11.7. The third-order valence-electron chi connectivity index (χ3n) is 5.85. The number of nitrogens with one attached hydrogen (secondary N) is 2. The molecule has 3 aromatic rings. The number of hydrogen-bond acceptors (Lipinski definition) is 2. The maximum atomic E-state index is 13.1. The largest absolute Gasteiger partial charge is 0.354 e. The van der Waals surface area contributed by atoms with Crippen molar-refractivity contribution < 1.29 is 9.59 Å². The minimum Gasteiger partial charge on any atom is -0.354 e. The smallest absolute Gasteiger partial charge is 0.252 e. The lowest BCUT2D eigenvalue weighted by atomic mass is 9.88. The lowest BCUT2D eigenvalue weighted by Crippen LogP contribution is -2.47. The fourth-order valence-corrected chi connectivity index (χ4v) is 4.13. The Morgan fingerprint density at radius 3 is 1.88 bits per heavy atom. The Balaban J connectivity index is 1.66. The summed E-state index contributed by atoms with van der Waals surface area (Å²) in [7, 11) is 0. The van der Waals surface area contributed by atoms with Gasteiger partial charge in [0.05, 0.1) is 0 Å². The van der Waals surface area contributed by atoms with Crippen LogP contribution in [0.15, 0.2) is 84.9 Å². The zero-order valence-electron chi connectivity index (χ0n) is 19.8. The summed E-state index contributed by atoms with van der Waals surface area (Å²) in [6.07, 6.45) is 1.37. The van der Waals surface area contributed by atoms with Gasteiger partial charge in [0.1, 0.15) is 6.04 Å². The molecule has 0 aliphatic rings. The van der Waals surface area contributed by atoms with Gasteiger partial charge in [-0.3, -0.25) is 9.59 Å². The first kappa shape index (κ1) is 24.2. The van der Waals surface area contributed by atoms with Gasteiger partial charge < -0.3 is 10.6 Å². The maximum absolute atomic E-state index is 13.1. The molecule has 0 aliphatic heterocycles.